The van der Waals surface area contributed by atoms with E-state index in [1.54, 1.807) is 30.3 Å². The van der Waals surface area contributed by atoms with E-state index in [9.17, 15) is 19.5 Å². The standard InChI is InChI=1S/C32H32BrClFN3O6/c1-31(2,3)18-32(23-12-11-21(33)15-25(23)35)28(41)38(26(16-39)20-10-13-24(34)22(14-20)27(40)43-4)29(37-32)36-30(42)44-17-19-8-6-5-7-9-19/h5-15,26,39H,16-18H2,1-4H3,(H,36,37,42)/t26-,32-/m1/s1. The number of rotatable bonds is 8. The van der Waals surface area contributed by atoms with Crippen molar-refractivity contribution in [1.82, 2.24) is 10.2 Å². The number of alkyl carbamates (subject to hydrolysis) is 1. The highest BCUT2D eigenvalue weighted by atomic mass is 79.9. The smallest absolute Gasteiger partial charge is 0.414 e. The van der Waals surface area contributed by atoms with Gasteiger partial charge in [0.2, 0.25) is 5.96 Å². The Morgan fingerprint density at radius 1 is 1.14 bits per heavy atom. The number of benzene rings is 3. The lowest BCUT2D eigenvalue weighted by atomic mass is 9.75. The lowest BCUT2D eigenvalue weighted by Crippen LogP contribution is -2.49. The van der Waals surface area contributed by atoms with E-state index in [2.05, 4.69) is 21.2 Å². The van der Waals surface area contributed by atoms with Crippen LogP contribution in [0.1, 0.15) is 60.3 Å². The normalized spacial score (nSPS) is 17.2. The van der Waals surface area contributed by atoms with Crippen molar-refractivity contribution in [3.8, 4) is 0 Å². The number of amides is 2. The van der Waals surface area contributed by atoms with E-state index in [-0.39, 0.29) is 35.1 Å². The number of carbonyl (C=O) groups is 3. The summed E-state index contributed by atoms with van der Waals surface area (Å²) in [7, 11) is 1.20. The number of carbonyl (C=O) groups excluding carboxylic acids is 3. The summed E-state index contributed by atoms with van der Waals surface area (Å²) >= 11 is 9.49. The highest BCUT2D eigenvalue weighted by molar-refractivity contribution is 9.10. The van der Waals surface area contributed by atoms with Gasteiger partial charge in [0, 0.05) is 10.0 Å². The Balaban J connectivity index is 1.85. The van der Waals surface area contributed by atoms with Crippen LogP contribution in [0.5, 0.6) is 0 Å². The van der Waals surface area contributed by atoms with Gasteiger partial charge in [-0.2, -0.15) is 0 Å². The second-order valence-corrected chi connectivity index (χ2v) is 12.8. The fourth-order valence-corrected chi connectivity index (χ4v) is 5.66. The maximum atomic E-state index is 15.7. The molecule has 12 heteroatoms. The minimum absolute atomic E-state index is 0.00499. The average molecular weight is 689 g/mol. The van der Waals surface area contributed by atoms with Crippen LogP contribution in [-0.4, -0.2) is 47.7 Å². The summed E-state index contributed by atoms with van der Waals surface area (Å²) in [6.07, 6.45) is -0.874. The van der Waals surface area contributed by atoms with Crippen LogP contribution in [0.4, 0.5) is 9.18 Å². The number of nitrogens with zero attached hydrogens (tertiary/aromatic N) is 2. The van der Waals surface area contributed by atoms with Gasteiger partial charge in [0.25, 0.3) is 5.91 Å². The molecule has 2 N–H and O–H groups in total. The van der Waals surface area contributed by atoms with Crippen LogP contribution in [0.2, 0.25) is 5.02 Å². The molecule has 0 aromatic heterocycles. The van der Waals surface area contributed by atoms with Gasteiger partial charge in [0.1, 0.15) is 12.4 Å². The van der Waals surface area contributed by atoms with E-state index in [0.29, 0.717) is 10.0 Å². The van der Waals surface area contributed by atoms with Gasteiger partial charge in [-0.05, 0) is 47.2 Å². The predicted octanol–water partition coefficient (Wildman–Crippen LogP) is 6.52. The number of aliphatic hydroxyl groups excluding tert-OH is 1. The molecule has 0 spiro atoms. The van der Waals surface area contributed by atoms with Gasteiger partial charge in [0.05, 0.1) is 30.3 Å². The largest absolute Gasteiger partial charge is 0.465 e. The number of hydrogen-bond donors (Lipinski definition) is 2. The van der Waals surface area contributed by atoms with Crippen molar-refractivity contribution in [3.05, 3.63) is 104 Å². The molecule has 3 aromatic rings. The molecule has 2 amide bonds. The first-order valence-electron chi connectivity index (χ1n) is 13.6. The number of nitrogens with one attached hydrogen (secondary N) is 1. The van der Waals surface area contributed by atoms with Crippen molar-refractivity contribution in [1.29, 1.82) is 0 Å². The summed E-state index contributed by atoms with van der Waals surface area (Å²) in [5.41, 5.74) is -1.36. The number of guanidine groups is 1. The fourth-order valence-electron chi connectivity index (χ4n) is 5.14. The van der Waals surface area contributed by atoms with Crippen LogP contribution in [0.3, 0.4) is 0 Å². The molecule has 0 unspecified atom stereocenters. The number of aliphatic hydroxyl groups is 1. The molecule has 2 atom stereocenters. The van der Waals surface area contributed by atoms with E-state index in [1.807, 2.05) is 26.8 Å². The summed E-state index contributed by atoms with van der Waals surface area (Å²) in [5, 5.41) is 13.3. The third kappa shape index (κ3) is 7.11. The van der Waals surface area contributed by atoms with Gasteiger partial charge < -0.3 is 14.6 Å². The maximum absolute atomic E-state index is 15.7. The van der Waals surface area contributed by atoms with Gasteiger partial charge in [-0.1, -0.05) is 90.8 Å². The Morgan fingerprint density at radius 3 is 2.45 bits per heavy atom. The Labute approximate surface area is 268 Å². The molecule has 0 aliphatic carbocycles. The molecule has 0 radical (unpaired) electrons. The van der Waals surface area contributed by atoms with Crippen LogP contribution >= 0.6 is 27.5 Å². The summed E-state index contributed by atoms with van der Waals surface area (Å²) in [6, 6.07) is 16.5. The third-order valence-electron chi connectivity index (χ3n) is 6.95. The Bertz CT molecular complexity index is 1600. The van der Waals surface area contributed by atoms with Crippen molar-refractivity contribution in [3.63, 3.8) is 0 Å². The quantitative estimate of drug-likeness (QED) is 0.261. The van der Waals surface area contributed by atoms with Gasteiger partial charge in [0.15, 0.2) is 5.54 Å². The molecule has 232 valence electrons. The van der Waals surface area contributed by atoms with E-state index in [1.165, 1.54) is 37.4 Å². The molecular formula is C32H32BrClFN3O6. The minimum Gasteiger partial charge on any atom is -0.465 e. The number of halogens is 3. The molecule has 1 aliphatic rings. The Morgan fingerprint density at radius 2 is 1.84 bits per heavy atom. The van der Waals surface area contributed by atoms with Crippen LogP contribution in [0.15, 0.2) is 76.2 Å². The molecule has 0 fully saturated rings. The first-order chi connectivity index (χ1) is 20.8. The number of aliphatic imine (C=N–C) groups is 1. The molecule has 4 rings (SSSR count). The van der Waals surface area contributed by atoms with Crippen LogP contribution in [-0.2, 0) is 26.4 Å². The highest BCUT2D eigenvalue weighted by Crippen LogP contribution is 2.46. The third-order valence-corrected chi connectivity index (χ3v) is 7.77. The van der Waals surface area contributed by atoms with Crippen molar-refractivity contribution < 1.29 is 33.4 Å². The van der Waals surface area contributed by atoms with Gasteiger partial charge in [-0.15, -0.1) is 0 Å². The number of methoxy groups -OCH3 is 1. The molecular weight excluding hydrogens is 657 g/mol. The molecule has 0 saturated heterocycles. The van der Waals surface area contributed by atoms with Crippen LogP contribution < -0.4 is 5.32 Å². The predicted molar refractivity (Wildman–Crippen MR) is 167 cm³/mol. The topological polar surface area (TPSA) is 118 Å². The summed E-state index contributed by atoms with van der Waals surface area (Å²) < 4.78 is 26.3. The zero-order chi connectivity index (χ0) is 32.2. The van der Waals surface area contributed by atoms with E-state index < -0.39 is 47.4 Å². The molecule has 9 nitrogen and oxygen atoms in total. The van der Waals surface area contributed by atoms with Gasteiger partial charge in [-0.25, -0.2) is 19.0 Å². The fraction of sp³-hybridized carbons (Fsp3) is 0.312. The zero-order valence-corrected chi connectivity index (χ0v) is 26.9. The summed E-state index contributed by atoms with van der Waals surface area (Å²) in [4.78, 5) is 45.9. The number of ether oxygens (including phenoxy) is 2. The van der Waals surface area contributed by atoms with E-state index in [4.69, 9.17) is 26.1 Å². The number of hydrogen-bond acceptors (Lipinski definition) is 7. The first kappa shape index (κ1) is 33.1. The van der Waals surface area contributed by atoms with E-state index in [0.717, 1.165) is 10.5 Å². The van der Waals surface area contributed by atoms with Gasteiger partial charge >= 0.3 is 12.1 Å². The Kier molecular flexibility index (Phi) is 10.1. The first-order valence-corrected chi connectivity index (χ1v) is 14.8. The zero-order valence-electron chi connectivity index (χ0n) is 24.6. The van der Waals surface area contributed by atoms with Gasteiger partial charge in [-0.3, -0.25) is 15.0 Å². The maximum Gasteiger partial charge on any atom is 0.414 e. The monoisotopic (exact) mass is 687 g/mol. The van der Waals surface area contributed by atoms with Crippen molar-refractivity contribution in [2.45, 2.75) is 45.4 Å². The molecule has 3 aromatic carbocycles. The second-order valence-electron chi connectivity index (χ2n) is 11.4. The number of esters is 1. The molecule has 44 heavy (non-hydrogen) atoms. The average Bonchev–Trinajstić information content (AvgIpc) is 3.22. The molecule has 0 bridgehead atoms. The molecule has 1 aliphatic heterocycles. The molecule has 1 heterocycles. The second kappa shape index (κ2) is 13.5. The highest BCUT2D eigenvalue weighted by Gasteiger charge is 2.55. The van der Waals surface area contributed by atoms with Crippen molar-refractivity contribution in [2.75, 3.05) is 13.7 Å². The lowest BCUT2D eigenvalue weighted by molar-refractivity contribution is -0.135. The SMILES string of the molecule is COC(=O)c1cc([C@@H](CO)N2C(=O)[C@@](CC(C)(C)C)(c3ccc(Br)cc3F)N=C2NC(=O)OCc2ccccc2)ccc1Cl. The van der Waals surface area contributed by atoms with E-state index >= 15 is 4.39 Å². The summed E-state index contributed by atoms with van der Waals surface area (Å²) in [6.45, 7) is 4.92. The van der Waals surface area contributed by atoms with Crippen molar-refractivity contribution >= 4 is 51.5 Å². The summed E-state index contributed by atoms with van der Waals surface area (Å²) in [5.74, 6) is -2.36. The van der Waals surface area contributed by atoms with Crippen LogP contribution in [0.25, 0.3) is 0 Å². The van der Waals surface area contributed by atoms with Crippen LogP contribution in [0, 0.1) is 11.2 Å². The lowest BCUT2D eigenvalue weighted by Gasteiger charge is -2.34. The molecule has 0 saturated carbocycles. The Hall–Kier alpha value is -3.80. The van der Waals surface area contributed by atoms with Crippen molar-refractivity contribution in [2.24, 2.45) is 10.4 Å². The minimum atomic E-state index is -1.82.